The molecule has 2 heterocycles. The Morgan fingerprint density at radius 2 is 2.10 bits per heavy atom. The third kappa shape index (κ3) is 3.05. The van der Waals surface area contributed by atoms with Crippen molar-refractivity contribution < 1.29 is 5.11 Å². The lowest BCUT2D eigenvalue weighted by Crippen LogP contribution is -2.58. The Kier molecular flexibility index (Phi) is 4.43. The highest BCUT2D eigenvalue weighted by molar-refractivity contribution is 6.33. The Labute approximate surface area is 132 Å². The number of hydrogen-bond donors (Lipinski definition) is 1. The summed E-state index contributed by atoms with van der Waals surface area (Å²) in [6.45, 7) is 7.49. The van der Waals surface area contributed by atoms with E-state index < -0.39 is 6.10 Å². The predicted octanol–water partition coefficient (Wildman–Crippen LogP) is 3.46. The monoisotopic (exact) mass is 308 g/mol. The molecule has 2 aliphatic heterocycles. The van der Waals surface area contributed by atoms with Crippen molar-refractivity contribution >= 4 is 17.3 Å². The van der Waals surface area contributed by atoms with E-state index >= 15 is 0 Å². The molecule has 116 valence electrons. The van der Waals surface area contributed by atoms with Gasteiger partial charge in [-0.3, -0.25) is 4.90 Å². The van der Waals surface area contributed by atoms with Crippen molar-refractivity contribution in [3.05, 3.63) is 28.8 Å². The molecule has 0 aliphatic carbocycles. The average Bonchev–Trinajstić information content (AvgIpc) is 2.46. The second-order valence-corrected chi connectivity index (χ2v) is 6.94. The van der Waals surface area contributed by atoms with Crippen LogP contribution in [0.3, 0.4) is 0 Å². The number of aliphatic hydroxyl groups excluding tert-OH is 1. The molecule has 0 aromatic heterocycles. The number of piperazine rings is 1. The number of fused-ring (bicyclic) bond motifs is 1. The Morgan fingerprint density at radius 3 is 2.81 bits per heavy atom. The lowest BCUT2D eigenvalue weighted by atomic mass is 9.96. The second kappa shape index (κ2) is 6.15. The lowest BCUT2D eigenvalue weighted by molar-refractivity contribution is 0.115. The first kappa shape index (κ1) is 15.1. The van der Waals surface area contributed by atoms with Crippen LogP contribution < -0.4 is 4.90 Å². The first-order chi connectivity index (χ1) is 10.1. The van der Waals surface area contributed by atoms with Gasteiger partial charge in [0.2, 0.25) is 0 Å². The maximum absolute atomic E-state index is 9.68. The fourth-order valence-corrected chi connectivity index (χ4v) is 4.00. The molecule has 3 rings (SSSR count). The summed E-state index contributed by atoms with van der Waals surface area (Å²) in [5, 5.41) is 10.4. The minimum absolute atomic E-state index is 0.468. The van der Waals surface area contributed by atoms with E-state index in [1.54, 1.807) is 6.92 Å². The van der Waals surface area contributed by atoms with Crippen molar-refractivity contribution in [3.63, 3.8) is 0 Å². The number of piperidine rings is 1. The third-order valence-electron chi connectivity index (χ3n) is 4.95. The quantitative estimate of drug-likeness (QED) is 0.906. The van der Waals surface area contributed by atoms with Gasteiger partial charge in [-0.05, 0) is 50.9 Å². The van der Waals surface area contributed by atoms with Gasteiger partial charge in [0.25, 0.3) is 0 Å². The molecule has 4 heteroatoms. The summed E-state index contributed by atoms with van der Waals surface area (Å²) in [6.07, 6.45) is 3.52. The van der Waals surface area contributed by atoms with Gasteiger partial charge in [0.15, 0.2) is 0 Å². The predicted molar refractivity (Wildman–Crippen MR) is 88.1 cm³/mol. The molecular weight excluding hydrogens is 284 g/mol. The summed E-state index contributed by atoms with van der Waals surface area (Å²) in [4.78, 5) is 5.09. The van der Waals surface area contributed by atoms with E-state index in [9.17, 15) is 5.11 Å². The van der Waals surface area contributed by atoms with Crippen LogP contribution in [0.25, 0.3) is 0 Å². The Balaban J connectivity index is 1.82. The van der Waals surface area contributed by atoms with Crippen LogP contribution in [0.15, 0.2) is 18.2 Å². The molecule has 0 radical (unpaired) electrons. The Hall–Kier alpha value is -0.770. The number of benzene rings is 1. The average molecular weight is 309 g/mol. The highest BCUT2D eigenvalue weighted by Gasteiger charge is 2.33. The molecule has 1 N–H and O–H groups in total. The topological polar surface area (TPSA) is 26.7 Å². The van der Waals surface area contributed by atoms with Gasteiger partial charge in [0, 0.05) is 25.2 Å². The van der Waals surface area contributed by atoms with E-state index in [-0.39, 0.29) is 0 Å². The van der Waals surface area contributed by atoms with Gasteiger partial charge in [-0.25, -0.2) is 0 Å². The summed E-state index contributed by atoms with van der Waals surface area (Å²) in [6, 6.07) is 7.11. The number of hydrogen-bond acceptors (Lipinski definition) is 3. The number of nitrogens with zero attached hydrogens (tertiary/aromatic N) is 2. The van der Waals surface area contributed by atoms with Crippen LogP contribution in [-0.2, 0) is 0 Å². The smallest absolute Gasteiger partial charge is 0.0762 e. The molecule has 2 unspecified atom stereocenters. The van der Waals surface area contributed by atoms with Crippen molar-refractivity contribution in [2.75, 3.05) is 24.5 Å². The standard InChI is InChI=1S/C17H25ClN2O/c1-12-10-19-8-4-3-5-15(19)11-20(12)17-7-6-14(13(2)21)9-16(17)18/h6-7,9,12-13,15,21H,3-5,8,10-11H2,1-2H3/t12?,13-,15?/m0/s1. The molecule has 2 aliphatic rings. The first-order valence-electron chi connectivity index (χ1n) is 8.04. The zero-order valence-corrected chi connectivity index (χ0v) is 13.7. The van der Waals surface area contributed by atoms with Crippen LogP contribution in [0.2, 0.25) is 5.02 Å². The molecule has 3 atom stereocenters. The normalized spacial score (nSPS) is 28.3. The molecule has 1 aromatic rings. The van der Waals surface area contributed by atoms with Crippen molar-refractivity contribution in [1.82, 2.24) is 4.90 Å². The van der Waals surface area contributed by atoms with Crippen LogP contribution in [0.4, 0.5) is 5.69 Å². The summed E-state index contributed by atoms with van der Waals surface area (Å²) >= 11 is 6.48. The fraction of sp³-hybridized carbons (Fsp3) is 0.647. The molecular formula is C17H25ClN2O. The van der Waals surface area contributed by atoms with E-state index in [4.69, 9.17) is 11.6 Å². The van der Waals surface area contributed by atoms with Crippen LogP contribution in [0.1, 0.15) is 44.8 Å². The largest absolute Gasteiger partial charge is 0.389 e. The van der Waals surface area contributed by atoms with Gasteiger partial charge < -0.3 is 10.0 Å². The van der Waals surface area contributed by atoms with Gasteiger partial charge in [0.05, 0.1) is 16.8 Å². The molecule has 21 heavy (non-hydrogen) atoms. The minimum Gasteiger partial charge on any atom is -0.389 e. The van der Waals surface area contributed by atoms with Crippen LogP contribution >= 0.6 is 11.6 Å². The van der Waals surface area contributed by atoms with E-state index in [1.165, 1.54) is 25.8 Å². The molecule has 2 saturated heterocycles. The van der Waals surface area contributed by atoms with Crippen LogP contribution in [-0.4, -0.2) is 41.7 Å². The molecule has 2 fully saturated rings. The zero-order valence-electron chi connectivity index (χ0n) is 12.9. The SMILES string of the molecule is CC1CN2CCCCC2CN1c1ccc([C@H](C)O)cc1Cl. The molecule has 3 nitrogen and oxygen atoms in total. The third-order valence-corrected chi connectivity index (χ3v) is 5.25. The maximum Gasteiger partial charge on any atom is 0.0762 e. The summed E-state index contributed by atoms with van der Waals surface area (Å²) in [5.41, 5.74) is 1.99. The molecule has 1 aromatic carbocycles. The van der Waals surface area contributed by atoms with Gasteiger partial charge >= 0.3 is 0 Å². The second-order valence-electron chi connectivity index (χ2n) is 6.53. The van der Waals surface area contributed by atoms with Gasteiger partial charge in [-0.1, -0.05) is 24.1 Å². The van der Waals surface area contributed by atoms with Crippen molar-refractivity contribution in [1.29, 1.82) is 0 Å². The van der Waals surface area contributed by atoms with Crippen molar-refractivity contribution in [2.24, 2.45) is 0 Å². The van der Waals surface area contributed by atoms with Crippen LogP contribution in [0.5, 0.6) is 0 Å². The Morgan fingerprint density at radius 1 is 1.29 bits per heavy atom. The zero-order chi connectivity index (χ0) is 15.0. The number of rotatable bonds is 2. The van der Waals surface area contributed by atoms with E-state index in [0.29, 0.717) is 12.1 Å². The molecule has 0 amide bonds. The number of anilines is 1. The van der Waals surface area contributed by atoms with E-state index in [0.717, 1.165) is 29.4 Å². The van der Waals surface area contributed by atoms with E-state index in [2.05, 4.69) is 22.8 Å². The van der Waals surface area contributed by atoms with E-state index in [1.807, 2.05) is 12.1 Å². The lowest BCUT2D eigenvalue weighted by Gasteiger charge is -2.48. The Bertz CT molecular complexity index is 506. The van der Waals surface area contributed by atoms with Gasteiger partial charge in [-0.15, -0.1) is 0 Å². The first-order valence-corrected chi connectivity index (χ1v) is 8.42. The van der Waals surface area contributed by atoms with Gasteiger partial charge in [-0.2, -0.15) is 0 Å². The molecule has 0 bridgehead atoms. The van der Waals surface area contributed by atoms with Crippen molar-refractivity contribution in [2.45, 2.75) is 51.3 Å². The summed E-state index contributed by atoms with van der Waals surface area (Å²) < 4.78 is 0. The highest BCUT2D eigenvalue weighted by Crippen LogP contribution is 2.34. The number of aliphatic hydroxyl groups is 1. The summed E-state index contributed by atoms with van der Waals surface area (Å²) in [7, 11) is 0. The van der Waals surface area contributed by atoms with Crippen molar-refractivity contribution in [3.8, 4) is 0 Å². The van der Waals surface area contributed by atoms with Gasteiger partial charge in [0.1, 0.15) is 0 Å². The minimum atomic E-state index is -0.468. The van der Waals surface area contributed by atoms with Crippen LogP contribution in [0, 0.1) is 0 Å². The number of halogens is 1. The molecule has 0 saturated carbocycles. The summed E-state index contributed by atoms with van der Waals surface area (Å²) in [5.74, 6) is 0. The highest BCUT2D eigenvalue weighted by atomic mass is 35.5. The fourth-order valence-electron chi connectivity index (χ4n) is 3.70. The molecule has 0 spiro atoms. The maximum atomic E-state index is 9.68.